The summed E-state index contributed by atoms with van der Waals surface area (Å²) in [5.74, 6) is 0.829. The van der Waals surface area contributed by atoms with E-state index in [-0.39, 0.29) is 6.04 Å². The van der Waals surface area contributed by atoms with Gasteiger partial charge < -0.3 is 15.8 Å². The van der Waals surface area contributed by atoms with Gasteiger partial charge in [-0.1, -0.05) is 12.1 Å². The SMILES string of the molecule is C=CCCNC(CN)c1ccc(OC)c(Br)c1. The molecule has 0 amide bonds. The van der Waals surface area contributed by atoms with Crippen molar-refractivity contribution >= 4 is 15.9 Å². The molecule has 0 heterocycles. The van der Waals surface area contributed by atoms with E-state index >= 15 is 0 Å². The molecule has 0 aliphatic carbocycles. The van der Waals surface area contributed by atoms with Crippen LogP contribution >= 0.6 is 15.9 Å². The molecule has 0 fully saturated rings. The second-order valence-electron chi connectivity index (χ2n) is 3.71. The molecule has 0 saturated heterocycles. The van der Waals surface area contributed by atoms with Crippen molar-refractivity contribution in [2.75, 3.05) is 20.2 Å². The first-order chi connectivity index (χ1) is 8.22. The molecule has 3 nitrogen and oxygen atoms in total. The van der Waals surface area contributed by atoms with E-state index in [2.05, 4.69) is 27.8 Å². The number of nitrogens with two attached hydrogens (primary N) is 1. The highest BCUT2D eigenvalue weighted by Gasteiger charge is 2.10. The van der Waals surface area contributed by atoms with Crippen molar-refractivity contribution in [2.24, 2.45) is 5.73 Å². The fourth-order valence-corrected chi connectivity index (χ4v) is 2.15. The number of rotatable bonds is 7. The molecule has 0 aliphatic heterocycles. The zero-order chi connectivity index (χ0) is 12.7. The summed E-state index contributed by atoms with van der Waals surface area (Å²) in [6, 6.07) is 6.17. The van der Waals surface area contributed by atoms with Gasteiger partial charge in [-0.3, -0.25) is 0 Å². The fourth-order valence-electron chi connectivity index (χ4n) is 1.60. The van der Waals surface area contributed by atoms with Crippen LogP contribution < -0.4 is 15.8 Å². The molecule has 0 aromatic heterocycles. The lowest BCUT2D eigenvalue weighted by atomic mass is 10.1. The Morgan fingerprint density at radius 3 is 2.88 bits per heavy atom. The first-order valence-electron chi connectivity index (χ1n) is 5.60. The molecule has 3 N–H and O–H groups in total. The molecule has 17 heavy (non-hydrogen) atoms. The van der Waals surface area contributed by atoms with Crippen LogP contribution in [0.1, 0.15) is 18.0 Å². The average molecular weight is 299 g/mol. The van der Waals surface area contributed by atoms with E-state index in [4.69, 9.17) is 10.5 Å². The van der Waals surface area contributed by atoms with Crippen molar-refractivity contribution in [1.29, 1.82) is 0 Å². The van der Waals surface area contributed by atoms with E-state index in [0.717, 1.165) is 28.8 Å². The lowest BCUT2D eigenvalue weighted by molar-refractivity contribution is 0.411. The molecule has 4 heteroatoms. The lowest BCUT2D eigenvalue weighted by Crippen LogP contribution is -2.28. The monoisotopic (exact) mass is 298 g/mol. The minimum atomic E-state index is 0.164. The second-order valence-corrected chi connectivity index (χ2v) is 4.57. The Labute approximate surface area is 111 Å². The standard InChI is InChI=1S/C13H19BrN2O/c1-3-4-7-16-12(9-15)10-5-6-13(17-2)11(14)8-10/h3,5-6,8,12,16H,1,4,7,9,15H2,2H3. The number of halogens is 1. The molecule has 0 saturated carbocycles. The number of hydrogen-bond acceptors (Lipinski definition) is 3. The van der Waals surface area contributed by atoms with Crippen LogP contribution in [-0.2, 0) is 0 Å². The Bertz CT molecular complexity index is 368. The van der Waals surface area contributed by atoms with Crippen molar-refractivity contribution in [3.8, 4) is 5.75 Å². The molecule has 94 valence electrons. The predicted molar refractivity (Wildman–Crippen MR) is 75.3 cm³/mol. The zero-order valence-electron chi connectivity index (χ0n) is 10.1. The summed E-state index contributed by atoms with van der Waals surface area (Å²) in [5, 5.41) is 3.39. The minimum Gasteiger partial charge on any atom is -0.496 e. The van der Waals surface area contributed by atoms with Gasteiger partial charge in [-0.25, -0.2) is 0 Å². The van der Waals surface area contributed by atoms with Crippen LogP contribution in [0.25, 0.3) is 0 Å². The van der Waals surface area contributed by atoms with Gasteiger partial charge in [0.1, 0.15) is 5.75 Å². The Balaban J connectivity index is 2.74. The average Bonchev–Trinajstić information content (AvgIpc) is 2.35. The van der Waals surface area contributed by atoms with Crippen LogP contribution in [0.5, 0.6) is 5.75 Å². The Kier molecular flexibility index (Phi) is 6.26. The van der Waals surface area contributed by atoms with E-state index < -0.39 is 0 Å². The zero-order valence-corrected chi connectivity index (χ0v) is 11.7. The van der Waals surface area contributed by atoms with Gasteiger partial charge in [0.05, 0.1) is 11.6 Å². The summed E-state index contributed by atoms with van der Waals surface area (Å²) < 4.78 is 6.15. The summed E-state index contributed by atoms with van der Waals surface area (Å²) in [6.07, 6.45) is 2.83. The smallest absolute Gasteiger partial charge is 0.133 e. The normalized spacial score (nSPS) is 12.2. The number of ether oxygens (including phenoxy) is 1. The number of nitrogens with one attached hydrogen (secondary N) is 1. The van der Waals surface area contributed by atoms with Crippen LogP contribution in [0, 0.1) is 0 Å². The van der Waals surface area contributed by atoms with Crippen LogP contribution in [0.4, 0.5) is 0 Å². The molecule has 1 aromatic rings. The van der Waals surface area contributed by atoms with Gasteiger partial charge in [0.25, 0.3) is 0 Å². The Morgan fingerprint density at radius 1 is 1.59 bits per heavy atom. The fraction of sp³-hybridized carbons (Fsp3) is 0.385. The molecule has 0 radical (unpaired) electrons. The molecule has 1 unspecified atom stereocenters. The highest BCUT2D eigenvalue weighted by Crippen LogP contribution is 2.27. The van der Waals surface area contributed by atoms with Crippen molar-refractivity contribution in [3.05, 3.63) is 40.9 Å². The van der Waals surface area contributed by atoms with E-state index in [1.165, 1.54) is 0 Å². The molecule has 1 rings (SSSR count). The highest BCUT2D eigenvalue weighted by atomic mass is 79.9. The highest BCUT2D eigenvalue weighted by molar-refractivity contribution is 9.10. The van der Waals surface area contributed by atoms with E-state index in [1.54, 1.807) is 7.11 Å². The molecule has 0 spiro atoms. The maximum atomic E-state index is 5.77. The predicted octanol–water partition coefficient (Wildman–Crippen LogP) is 2.62. The van der Waals surface area contributed by atoms with Crippen molar-refractivity contribution in [1.82, 2.24) is 5.32 Å². The van der Waals surface area contributed by atoms with E-state index in [0.29, 0.717) is 6.54 Å². The summed E-state index contributed by atoms with van der Waals surface area (Å²) in [4.78, 5) is 0. The van der Waals surface area contributed by atoms with Gasteiger partial charge in [0, 0.05) is 12.6 Å². The molecule has 1 aromatic carbocycles. The third-order valence-electron chi connectivity index (χ3n) is 2.55. The Morgan fingerprint density at radius 2 is 2.35 bits per heavy atom. The van der Waals surface area contributed by atoms with Crippen molar-refractivity contribution in [3.63, 3.8) is 0 Å². The quantitative estimate of drug-likeness (QED) is 0.601. The summed E-state index contributed by atoms with van der Waals surface area (Å²) in [6.45, 7) is 5.15. The molecule has 0 aliphatic rings. The number of benzene rings is 1. The van der Waals surface area contributed by atoms with E-state index in [1.807, 2.05) is 24.3 Å². The first-order valence-corrected chi connectivity index (χ1v) is 6.40. The van der Waals surface area contributed by atoms with Gasteiger partial charge in [0.2, 0.25) is 0 Å². The van der Waals surface area contributed by atoms with Crippen molar-refractivity contribution < 1.29 is 4.74 Å². The van der Waals surface area contributed by atoms with Gasteiger partial charge in [-0.15, -0.1) is 6.58 Å². The third kappa shape index (κ3) is 4.15. The maximum Gasteiger partial charge on any atom is 0.133 e. The minimum absolute atomic E-state index is 0.164. The van der Waals surface area contributed by atoms with Crippen LogP contribution in [0.3, 0.4) is 0 Å². The van der Waals surface area contributed by atoms with Crippen LogP contribution in [0.15, 0.2) is 35.3 Å². The van der Waals surface area contributed by atoms with Crippen molar-refractivity contribution in [2.45, 2.75) is 12.5 Å². The van der Waals surface area contributed by atoms with Gasteiger partial charge in [-0.2, -0.15) is 0 Å². The summed E-state index contributed by atoms with van der Waals surface area (Å²) >= 11 is 3.48. The molecule has 0 bridgehead atoms. The molecular formula is C13H19BrN2O. The van der Waals surface area contributed by atoms with E-state index in [9.17, 15) is 0 Å². The first kappa shape index (κ1) is 14.2. The summed E-state index contributed by atoms with van der Waals surface area (Å²) in [7, 11) is 1.66. The molecule has 1 atom stereocenters. The molecular weight excluding hydrogens is 280 g/mol. The third-order valence-corrected chi connectivity index (χ3v) is 3.17. The van der Waals surface area contributed by atoms with Crippen LogP contribution in [0.2, 0.25) is 0 Å². The largest absolute Gasteiger partial charge is 0.496 e. The lowest BCUT2D eigenvalue weighted by Gasteiger charge is -2.17. The second kappa shape index (κ2) is 7.48. The van der Waals surface area contributed by atoms with Gasteiger partial charge >= 0.3 is 0 Å². The van der Waals surface area contributed by atoms with Gasteiger partial charge in [0.15, 0.2) is 0 Å². The van der Waals surface area contributed by atoms with Gasteiger partial charge in [-0.05, 0) is 46.6 Å². The topological polar surface area (TPSA) is 47.3 Å². The van der Waals surface area contributed by atoms with Crippen LogP contribution in [-0.4, -0.2) is 20.2 Å². The number of hydrogen-bond donors (Lipinski definition) is 2. The Hall–Kier alpha value is -0.840. The number of methoxy groups -OCH3 is 1. The summed E-state index contributed by atoms with van der Waals surface area (Å²) in [5.41, 5.74) is 6.93. The maximum absolute atomic E-state index is 5.77.